The molecule has 1 aromatic carbocycles. The minimum atomic E-state index is -0.843. The third-order valence-corrected chi connectivity index (χ3v) is 4.04. The van der Waals surface area contributed by atoms with Gasteiger partial charge in [-0.1, -0.05) is 53.0 Å². The number of hydrogen-bond acceptors (Lipinski definition) is 2. The lowest BCUT2D eigenvalue weighted by atomic mass is 10.0. The molecule has 2 rings (SSSR count). The Balaban J connectivity index is 2.43. The maximum Gasteiger partial charge on any atom is 0.108 e. The van der Waals surface area contributed by atoms with Gasteiger partial charge in [0.1, 0.15) is 10.4 Å². The van der Waals surface area contributed by atoms with Crippen LogP contribution in [0.15, 0.2) is 30.3 Å². The van der Waals surface area contributed by atoms with Crippen LogP contribution in [0.25, 0.3) is 0 Å². The Hall–Kier alpha value is -0.250. The Bertz CT molecular complexity index is 510. The van der Waals surface area contributed by atoms with E-state index in [1.807, 2.05) is 6.07 Å². The van der Waals surface area contributed by atoms with Crippen molar-refractivity contribution in [1.82, 2.24) is 0 Å². The molecule has 0 aliphatic carbocycles. The summed E-state index contributed by atoms with van der Waals surface area (Å²) in [7, 11) is 0. The summed E-state index contributed by atoms with van der Waals surface area (Å²) in [5, 5.41) is 10.7. The molecule has 1 atom stereocenters. The minimum absolute atomic E-state index is 0.484. The van der Waals surface area contributed by atoms with Crippen LogP contribution in [-0.4, -0.2) is 5.11 Å². The monoisotopic (exact) mass is 292 g/mol. The standard InChI is InChI=1S/C11H7Cl3OS/c12-8-4-2-1-3-6(8)10(15)7-5-9(13)16-11(7)14/h1-5,10,15H. The summed E-state index contributed by atoms with van der Waals surface area (Å²) in [4.78, 5) is 0. The smallest absolute Gasteiger partial charge is 0.108 e. The molecule has 2 aromatic rings. The molecule has 0 saturated heterocycles. The van der Waals surface area contributed by atoms with Crippen molar-refractivity contribution in [3.8, 4) is 0 Å². The topological polar surface area (TPSA) is 20.2 Å². The minimum Gasteiger partial charge on any atom is -0.384 e. The highest BCUT2D eigenvalue weighted by atomic mass is 35.5. The second-order valence-corrected chi connectivity index (χ2v) is 5.90. The van der Waals surface area contributed by atoms with Crippen LogP contribution in [0.2, 0.25) is 13.7 Å². The van der Waals surface area contributed by atoms with E-state index in [-0.39, 0.29) is 0 Å². The number of benzene rings is 1. The van der Waals surface area contributed by atoms with Gasteiger partial charge in [0.2, 0.25) is 0 Å². The molecule has 0 amide bonds. The fraction of sp³-hybridized carbons (Fsp3) is 0.0909. The van der Waals surface area contributed by atoms with Gasteiger partial charge in [-0.2, -0.15) is 0 Å². The summed E-state index contributed by atoms with van der Waals surface area (Å²) in [6.07, 6.45) is -0.843. The Morgan fingerprint density at radius 3 is 2.31 bits per heavy atom. The first-order valence-corrected chi connectivity index (χ1v) is 6.42. The van der Waals surface area contributed by atoms with Gasteiger partial charge in [0, 0.05) is 16.1 Å². The van der Waals surface area contributed by atoms with Crippen LogP contribution in [-0.2, 0) is 0 Å². The molecule has 84 valence electrons. The van der Waals surface area contributed by atoms with Crippen LogP contribution in [0.4, 0.5) is 0 Å². The van der Waals surface area contributed by atoms with E-state index in [1.54, 1.807) is 24.3 Å². The molecule has 1 heterocycles. The van der Waals surface area contributed by atoms with Crippen molar-refractivity contribution < 1.29 is 5.11 Å². The second-order valence-electron chi connectivity index (χ2n) is 3.20. The van der Waals surface area contributed by atoms with E-state index in [9.17, 15) is 5.11 Å². The summed E-state index contributed by atoms with van der Waals surface area (Å²) < 4.78 is 1.03. The molecule has 16 heavy (non-hydrogen) atoms. The number of aliphatic hydroxyl groups is 1. The van der Waals surface area contributed by atoms with Crippen molar-refractivity contribution in [2.24, 2.45) is 0 Å². The van der Waals surface area contributed by atoms with Gasteiger partial charge in [0.25, 0.3) is 0 Å². The van der Waals surface area contributed by atoms with Crippen LogP contribution >= 0.6 is 46.1 Å². The average molecular weight is 294 g/mol. The van der Waals surface area contributed by atoms with Gasteiger partial charge in [0.05, 0.1) is 4.34 Å². The van der Waals surface area contributed by atoms with Crippen molar-refractivity contribution >= 4 is 46.1 Å². The van der Waals surface area contributed by atoms with Crippen molar-refractivity contribution in [2.45, 2.75) is 6.10 Å². The van der Waals surface area contributed by atoms with E-state index >= 15 is 0 Å². The molecular weight excluding hydrogens is 287 g/mol. The fourth-order valence-corrected chi connectivity index (χ4v) is 3.16. The largest absolute Gasteiger partial charge is 0.384 e. The van der Waals surface area contributed by atoms with Crippen molar-refractivity contribution in [2.75, 3.05) is 0 Å². The van der Waals surface area contributed by atoms with Crippen LogP contribution in [0.1, 0.15) is 17.2 Å². The third-order valence-electron chi connectivity index (χ3n) is 2.18. The molecule has 0 saturated carbocycles. The van der Waals surface area contributed by atoms with Crippen LogP contribution in [0, 0.1) is 0 Å². The third kappa shape index (κ3) is 2.36. The first-order valence-electron chi connectivity index (χ1n) is 4.47. The van der Waals surface area contributed by atoms with Gasteiger partial charge < -0.3 is 5.11 Å². The molecule has 1 unspecified atom stereocenters. The average Bonchev–Trinajstić information content (AvgIpc) is 2.58. The highest BCUT2D eigenvalue weighted by molar-refractivity contribution is 7.20. The Morgan fingerprint density at radius 1 is 1.06 bits per heavy atom. The van der Waals surface area contributed by atoms with Crippen molar-refractivity contribution in [1.29, 1.82) is 0 Å². The van der Waals surface area contributed by atoms with Crippen molar-refractivity contribution in [3.05, 3.63) is 55.2 Å². The molecule has 1 N–H and O–H groups in total. The predicted octanol–water partition coefficient (Wildman–Crippen LogP) is 4.79. The maximum atomic E-state index is 10.1. The molecule has 0 aliphatic rings. The zero-order valence-corrected chi connectivity index (χ0v) is 11.0. The van der Waals surface area contributed by atoms with Crippen LogP contribution < -0.4 is 0 Å². The molecule has 0 radical (unpaired) electrons. The first kappa shape index (κ1) is 12.2. The summed E-state index contributed by atoms with van der Waals surface area (Å²) in [6.45, 7) is 0. The fourth-order valence-electron chi connectivity index (χ4n) is 1.40. The van der Waals surface area contributed by atoms with Gasteiger partial charge in [-0.15, -0.1) is 11.3 Å². The van der Waals surface area contributed by atoms with E-state index in [0.29, 0.717) is 24.8 Å². The summed E-state index contributed by atoms with van der Waals surface area (Å²) in [6, 6.07) is 8.76. The maximum absolute atomic E-state index is 10.1. The van der Waals surface area contributed by atoms with E-state index in [2.05, 4.69) is 0 Å². The molecule has 0 fully saturated rings. The molecular formula is C11H7Cl3OS. The molecule has 5 heteroatoms. The second kappa shape index (κ2) is 4.94. The van der Waals surface area contributed by atoms with Crippen molar-refractivity contribution in [3.63, 3.8) is 0 Å². The van der Waals surface area contributed by atoms with Gasteiger partial charge >= 0.3 is 0 Å². The van der Waals surface area contributed by atoms with E-state index < -0.39 is 6.10 Å². The number of halogens is 3. The van der Waals surface area contributed by atoms with E-state index in [1.165, 1.54) is 11.3 Å². The molecule has 1 nitrogen and oxygen atoms in total. The Kier molecular flexibility index (Phi) is 3.77. The van der Waals surface area contributed by atoms with Gasteiger partial charge in [-0.25, -0.2) is 0 Å². The Labute approximate surface area is 112 Å². The quantitative estimate of drug-likeness (QED) is 0.844. The lowest BCUT2D eigenvalue weighted by molar-refractivity contribution is 0.221. The zero-order valence-electron chi connectivity index (χ0n) is 7.95. The highest BCUT2D eigenvalue weighted by Gasteiger charge is 2.18. The van der Waals surface area contributed by atoms with Gasteiger partial charge in [-0.3, -0.25) is 0 Å². The Morgan fingerprint density at radius 2 is 1.75 bits per heavy atom. The molecule has 0 aliphatic heterocycles. The number of aliphatic hydroxyl groups excluding tert-OH is 1. The summed E-state index contributed by atoms with van der Waals surface area (Å²) in [5.41, 5.74) is 1.21. The van der Waals surface area contributed by atoms with E-state index in [4.69, 9.17) is 34.8 Å². The number of thiophene rings is 1. The normalized spacial score (nSPS) is 12.8. The highest BCUT2D eigenvalue weighted by Crippen LogP contribution is 2.38. The van der Waals surface area contributed by atoms with Crippen LogP contribution in [0.5, 0.6) is 0 Å². The zero-order chi connectivity index (χ0) is 11.7. The van der Waals surface area contributed by atoms with Gasteiger partial charge in [0.15, 0.2) is 0 Å². The molecule has 0 spiro atoms. The van der Waals surface area contributed by atoms with Gasteiger partial charge in [-0.05, 0) is 12.1 Å². The SMILES string of the molecule is OC(c1ccccc1Cl)c1cc(Cl)sc1Cl. The predicted molar refractivity (Wildman–Crippen MR) is 69.9 cm³/mol. The molecule has 1 aromatic heterocycles. The molecule has 0 bridgehead atoms. The summed E-state index contributed by atoms with van der Waals surface area (Å²) in [5.74, 6) is 0. The van der Waals surface area contributed by atoms with Crippen LogP contribution in [0.3, 0.4) is 0 Å². The summed E-state index contributed by atoms with van der Waals surface area (Å²) >= 11 is 19.0. The lowest BCUT2D eigenvalue weighted by Crippen LogP contribution is -1.99. The van der Waals surface area contributed by atoms with E-state index in [0.717, 1.165) is 0 Å². The first-order chi connectivity index (χ1) is 7.59. The number of rotatable bonds is 2. The lowest BCUT2D eigenvalue weighted by Gasteiger charge is -2.11. The number of hydrogen-bond donors (Lipinski definition) is 1.